The Morgan fingerprint density at radius 2 is 1.85 bits per heavy atom. The number of rotatable bonds is 6. The normalized spacial score (nSPS) is 19.2. The van der Waals surface area contributed by atoms with Crippen LogP contribution in [0, 0.1) is 5.92 Å². The first-order chi connectivity index (χ1) is 12.0. The summed E-state index contributed by atoms with van der Waals surface area (Å²) in [6.45, 7) is 11.8. The van der Waals surface area contributed by atoms with E-state index in [2.05, 4.69) is 0 Å². The van der Waals surface area contributed by atoms with Crippen LogP contribution in [0.2, 0.25) is 0 Å². The van der Waals surface area contributed by atoms with Crippen molar-refractivity contribution in [2.75, 3.05) is 13.1 Å². The van der Waals surface area contributed by atoms with Crippen molar-refractivity contribution in [3.8, 4) is 0 Å². The van der Waals surface area contributed by atoms with Crippen molar-refractivity contribution in [2.45, 2.75) is 84.9 Å². The molecule has 2 atom stereocenters. The smallest absolute Gasteiger partial charge is 0.410 e. The van der Waals surface area contributed by atoms with Crippen LogP contribution < -0.4 is 0 Å². The summed E-state index contributed by atoms with van der Waals surface area (Å²) < 4.78 is 5.47. The Morgan fingerprint density at radius 3 is 2.31 bits per heavy atom. The Hall–Kier alpha value is -1.79. The molecule has 0 saturated carbocycles. The van der Waals surface area contributed by atoms with Crippen LogP contribution in [-0.2, 0) is 14.3 Å². The maximum atomic E-state index is 13.2. The van der Waals surface area contributed by atoms with E-state index in [9.17, 15) is 19.5 Å². The minimum Gasteiger partial charge on any atom is -0.480 e. The number of carbonyl (C=O) groups excluding carboxylic acids is 2. The number of nitrogens with zero attached hydrogens (tertiary/aromatic N) is 2. The van der Waals surface area contributed by atoms with Crippen LogP contribution in [0.4, 0.5) is 4.79 Å². The van der Waals surface area contributed by atoms with Gasteiger partial charge in [0.25, 0.3) is 0 Å². The largest absolute Gasteiger partial charge is 0.480 e. The van der Waals surface area contributed by atoms with Crippen molar-refractivity contribution in [3.05, 3.63) is 0 Å². The van der Waals surface area contributed by atoms with Gasteiger partial charge in [0.1, 0.15) is 17.7 Å². The first-order valence-corrected chi connectivity index (χ1v) is 9.50. The molecule has 2 amide bonds. The van der Waals surface area contributed by atoms with E-state index in [4.69, 9.17) is 4.74 Å². The predicted octanol–water partition coefficient (Wildman–Crippen LogP) is 3.12. The number of hydrogen-bond donors (Lipinski definition) is 1. The van der Waals surface area contributed by atoms with Crippen molar-refractivity contribution >= 4 is 18.0 Å². The molecular formula is C19H34N2O5. The quantitative estimate of drug-likeness (QED) is 0.776. The highest BCUT2D eigenvalue weighted by atomic mass is 16.6. The number of carbonyl (C=O) groups is 3. The second-order valence-corrected chi connectivity index (χ2v) is 8.29. The number of aliphatic carboxylic acids is 1. The lowest BCUT2D eigenvalue weighted by Crippen LogP contribution is -2.57. The van der Waals surface area contributed by atoms with Gasteiger partial charge in [-0.15, -0.1) is 0 Å². The summed E-state index contributed by atoms with van der Waals surface area (Å²) in [7, 11) is 0. The third-order valence-corrected chi connectivity index (χ3v) is 4.40. The third kappa shape index (κ3) is 6.18. The van der Waals surface area contributed by atoms with E-state index in [1.165, 1.54) is 9.80 Å². The molecule has 1 aliphatic rings. The van der Waals surface area contributed by atoms with Crippen LogP contribution in [0.5, 0.6) is 0 Å². The van der Waals surface area contributed by atoms with E-state index in [1.807, 2.05) is 13.8 Å². The minimum absolute atomic E-state index is 0.175. The molecule has 0 aromatic rings. The zero-order chi connectivity index (χ0) is 20.1. The summed E-state index contributed by atoms with van der Waals surface area (Å²) in [6, 6.07) is -1.53. The zero-order valence-electron chi connectivity index (χ0n) is 16.9. The number of likely N-dealkylation sites (N-methyl/N-ethyl adjacent to an activating group) is 1. The van der Waals surface area contributed by atoms with E-state index in [1.54, 1.807) is 27.7 Å². The average Bonchev–Trinajstić information content (AvgIpc) is 2.51. The van der Waals surface area contributed by atoms with Crippen molar-refractivity contribution in [1.82, 2.24) is 9.80 Å². The Balaban J connectivity index is 3.11. The molecule has 0 aromatic carbocycles. The predicted molar refractivity (Wildman–Crippen MR) is 98.8 cm³/mol. The molecule has 26 heavy (non-hydrogen) atoms. The lowest BCUT2D eigenvalue weighted by atomic mass is 9.97. The molecule has 1 aliphatic heterocycles. The van der Waals surface area contributed by atoms with E-state index < -0.39 is 29.7 Å². The lowest BCUT2D eigenvalue weighted by molar-refractivity contribution is -0.154. The SMILES string of the molecule is CCN(C(=O)OC(C)(C)C)C(CC(C)C)C(=O)N1CCCC[C@@H]1C(=O)O. The van der Waals surface area contributed by atoms with Gasteiger partial charge in [-0.3, -0.25) is 9.69 Å². The highest BCUT2D eigenvalue weighted by molar-refractivity contribution is 5.89. The highest BCUT2D eigenvalue weighted by Gasteiger charge is 2.39. The zero-order valence-corrected chi connectivity index (χ0v) is 16.9. The number of likely N-dealkylation sites (tertiary alicyclic amines) is 1. The van der Waals surface area contributed by atoms with E-state index in [0.29, 0.717) is 25.9 Å². The summed E-state index contributed by atoms with van der Waals surface area (Å²) in [4.78, 5) is 40.3. The Kier molecular flexibility index (Phi) is 7.90. The van der Waals surface area contributed by atoms with Crippen LogP contribution in [0.3, 0.4) is 0 Å². The number of carboxylic acids is 1. The van der Waals surface area contributed by atoms with Gasteiger partial charge in [0, 0.05) is 13.1 Å². The van der Waals surface area contributed by atoms with Crippen molar-refractivity contribution < 1.29 is 24.2 Å². The second-order valence-electron chi connectivity index (χ2n) is 8.29. The van der Waals surface area contributed by atoms with Gasteiger partial charge in [0.15, 0.2) is 0 Å². The topological polar surface area (TPSA) is 87.2 Å². The molecule has 0 aliphatic carbocycles. The van der Waals surface area contributed by atoms with Crippen LogP contribution >= 0.6 is 0 Å². The fourth-order valence-corrected chi connectivity index (χ4v) is 3.25. The maximum absolute atomic E-state index is 13.2. The van der Waals surface area contributed by atoms with E-state index in [-0.39, 0.29) is 11.8 Å². The molecule has 0 aromatic heterocycles. The van der Waals surface area contributed by atoms with Gasteiger partial charge in [0.05, 0.1) is 0 Å². The van der Waals surface area contributed by atoms with Gasteiger partial charge in [-0.05, 0) is 59.3 Å². The van der Waals surface area contributed by atoms with Crippen LogP contribution in [0.15, 0.2) is 0 Å². The molecule has 1 saturated heterocycles. The van der Waals surface area contributed by atoms with Crippen molar-refractivity contribution in [1.29, 1.82) is 0 Å². The number of amides is 2. The molecule has 1 heterocycles. The monoisotopic (exact) mass is 370 g/mol. The van der Waals surface area contributed by atoms with Gasteiger partial charge >= 0.3 is 12.1 Å². The molecular weight excluding hydrogens is 336 g/mol. The first-order valence-electron chi connectivity index (χ1n) is 9.50. The van der Waals surface area contributed by atoms with Gasteiger partial charge in [0.2, 0.25) is 5.91 Å². The third-order valence-electron chi connectivity index (χ3n) is 4.40. The van der Waals surface area contributed by atoms with Gasteiger partial charge in [-0.25, -0.2) is 9.59 Å². The summed E-state index contributed by atoms with van der Waals surface area (Å²) in [5.41, 5.74) is -0.662. The number of hydrogen-bond acceptors (Lipinski definition) is 4. The highest BCUT2D eigenvalue weighted by Crippen LogP contribution is 2.23. The van der Waals surface area contributed by atoms with Crippen molar-refractivity contribution in [3.63, 3.8) is 0 Å². The molecule has 1 N–H and O–H groups in total. The summed E-state index contributed by atoms with van der Waals surface area (Å²) in [5, 5.41) is 9.48. The Labute approximate surface area is 156 Å². The molecule has 0 radical (unpaired) electrons. The van der Waals surface area contributed by atoms with Gasteiger partial charge < -0.3 is 14.7 Å². The molecule has 150 valence electrons. The fraction of sp³-hybridized carbons (Fsp3) is 0.842. The molecule has 7 nitrogen and oxygen atoms in total. The van der Waals surface area contributed by atoms with Crippen LogP contribution in [0.1, 0.15) is 67.2 Å². The van der Waals surface area contributed by atoms with E-state index in [0.717, 1.165) is 12.8 Å². The lowest BCUT2D eigenvalue weighted by Gasteiger charge is -2.39. The molecule has 0 spiro atoms. The van der Waals surface area contributed by atoms with Crippen LogP contribution in [-0.4, -0.2) is 63.7 Å². The maximum Gasteiger partial charge on any atom is 0.410 e. The summed E-state index contributed by atoms with van der Waals surface area (Å²) in [6.07, 6.45) is 1.95. The van der Waals surface area contributed by atoms with Gasteiger partial charge in [-0.1, -0.05) is 13.8 Å². The number of piperidine rings is 1. The van der Waals surface area contributed by atoms with Gasteiger partial charge in [-0.2, -0.15) is 0 Å². The van der Waals surface area contributed by atoms with Crippen molar-refractivity contribution in [2.24, 2.45) is 5.92 Å². The first kappa shape index (κ1) is 22.3. The van der Waals surface area contributed by atoms with Crippen LogP contribution in [0.25, 0.3) is 0 Å². The molecule has 1 unspecified atom stereocenters. The van der Waals surface area contributed by atoms with E-state index >= 15 is 0 Å². The summed E-state index contributed by atoms with van der Waals surface area (Å²) >= 11 is 0. The fourth-order valence-electron chi connectivity index (χ4n) is 3.25. The number of carboxylic acid groups (broad SMARTS) is 1. The average molecular weight is 370 g/mol. The standard InChI is InChI=1S/C19H34N2O5/c1-7-20(18(25)26-19(4,5)6)15(12-13(2)3)16(22)21-11-9-8-10-14(21)17(23)24/h13-15H,7-12H2,1-6H3,(H,23,24)/t14-,15?/m1/s1. The molecule has 0 bridgehead atoms. The Morgan fingerprint density at radius 1 is 1.23 bits per heavy atom. The molecule has 1 rings (SSSR count). The molecule has 7 heteroatoms. The summed E-state index contributed by atoms with van der Waals surface area (Å²) in [5.74, 6) is -1.10. The second kappa shape index (κ2) is 9.24. The minimum atomic E-state index is -0.985. The molecule has 1 fully saturated rings. The number of ether oxygens (including phenoxy) is 1. The Bertz CT molecular complexity index is 513.